The van der Waals surface area contributed by atoms with E-state index in [1.807, 2.05) is 25.1 Å². The van der Waals surface area contributed by atoms with Crippen molar-refractivity contribution in [2.75, 3.05) is 6.61 Å². The molecule has 0 spiro atoms. The predicted molar refractivity (Wildman–Crippen MR) is 104 cm³/mol. The largest absolute Gasteiger partial charge is 0.462 e. The lowest BCUT2D eigenvalue weighted by Crippen LogP contribution is -2.24. The van der Waals surface area contributed by atoms with Gasteiger partial charge in [0.05, 0.1) is 18.7 Å². The number of ether oxygens (including phenoxy) is 1. The second kappa shape index (κ2) is 10.2. The normalized spacial score (nSPS) is 13.3. The molecule has 1 aromatic carbocycles. The highest BCUT2D eigenvalue weighted by atomic mass is 19.1. The quantitative estimate of drug-likeness (QED) is 0.335. The van der Waals surface area contributed by atoms with E-state index in [0.717, 1.165) is 11.3 Å². The Morgan fingerprint density at radius 3 is 2.67 bits per heavy atom. The molecule has 1 unspecified atom stereocenters. The van der Waals surface area contributed by atoms with E-state index in [0.29, 0.717) is 6.42 Å². The molecule has 0 radical (unpaired) electrons. The summed E-state index contributed by atoms with van der Waals surface area (Å²) >= 11 is 0. The topological polar surface area (TPSA) is 77.6 Å². The summed E-state index contributed by atoms with van der Waals surface area (Å²) in [4.78, 5) is 20.9. The summed E-state index contributed by atoms with van der Waals surface area (Å²) in [6, 6.07) is 11.7. The van der Waals surface area contributed by atoms with Crippen molar-refractivity contribution >= 4 is 11.8 Å². The summed E-state index contributed by atoms with van der Waals surface area (Å²) in [5, 5.41) is 0. The lowest BCUT2D eigenvalue weighted by Gasteiger charge is -2.11. The van der Waals surface area contributed by atoms with Crippen LogP contribution in [0.4, 0.5) is 4.39 Å². The zero-order chi connectivity index (χ0) is 19.6. The molecule has 0 bridgehead atoms. The lowest BCUT2D eigenvalue weighted by atomic mass is 10.0. The molecule has 0 fully saturated rings. The minimum absolute atomic E-state index is 0.0128. The number of pyridine rings is 1. The molecule has 142 valence electrons. The smallest absolute Gasteiger partial charge is 0.341 e. The molecule has 27 heavy (non-hydrogen) atoms. The molecule has 0 saturated heterocycles. The lowest BCUT2D eigenvalue weighted by molar-refractivity contribution is -0.137. The molecule has 5 nitrogen and oxygen atoms in total. The summed E-state index contributed by atoms with van der Waals surface area (Å²) in [7, 11) is 0. The Bertz CT molecular complexity index is 802. The van der Waals surface area contributed by atoms with Gasteiger partial charge in [-0.3, -0.25) is 9.98 Å². The molecule has 2 aromatic rings. The van der Waals surface area contributed by atoms with Crippen LogP contribution >= 0.6 is 0 Å². The van der Waals surface area contributed by atoms with Gasteiger partial charge in [-0.25, -0.2) is 9.18 Å². The zero-order valence-corrected chi connectivity index (χ0v) is 15.6. The summed E-state index contributed by atoms with van der Waals surface area (Å²) in [6.45, 7) is 4.20. The number of nitrogens with two attached hydrogens (primary N) is 1. The standard InChI is InChI=1S/C21H24FN3O2/c1-3-27-21(26)19(13-15(2)12-18-6-4-5-11-24-18)20(23)25-14-16-7-9-17(22)10-8-16/h4-11,13,15H,3,12,14H2,1-2H3,(H2,23,25)/b19-13+. The molecule has 0 aliphatic carbocycles. The fourth-order valence-electron chi connectivity index (χ4n) is 2.51. The van der Waals surface area contributed by atoms with Crippen LogP contribution in [0.3, 0.4) is 0 Å². The van der Waals surface area contributed by atoms with Gasteiger partial charge in [0.2, 0.25) is 0 Å². The highest BCUT2D eigenvalue weighted by Crippen LogP contribution is 2.12. The van der Waals surface area contributed by atoms with Crippen LogP contribution < -0.4 is 5.73 Å². The van der Waals surface area contributed by atoms with Crippen LogP contribution in [0, 0.1) is 11.7 Å². The van der Waals surface area contributed by atoms with E-state index < -0.39 is 5.97 Å². The van der Waals surface area contributed by atoms with Crippen molar-refractivity contribution in [1.82, 2.24) is 4.98 Å². The van der Waals surface area contributed by atoms with Gasteiger partial charge in [-0.2, -0.15) is 0 Å². The highest BCUT2D eigenvalue weighted by Gasteiger charge is 2.17. The number of rotatable bonds is 8. The van der Waals surface area contributed by atoms with Crippen LogP contribution in [0.5, 0.6) is 0 Å². The van der Waals surface area contributed by atoms with Crippen molar-refractivity contribution < 1.29 is 13.9 Å². The van der Waals surface area contributed by atoms with Crippen LogP contribution in [0.2, 0.25) is 0 Å². The Labute approximate surface area is 158 Å². The summed E-state index contributed by atoms with van der Waals surface area (Å²) < 4.78 is 18.1. The van der Waals surface area contributed by atoms with Crippen LogP contribution in [0.25, 0.3) is 0 Å². The number of amidine groups is 1. The first kappa shape index (κ1) is 20.3. The van der Waals surface area contributed by atoms with Gasteiger partial charge in [-0.05, 0) is 49.1 Å². The molecule has 6 heteroatoms. The Morgan fingerprint density at radius 2 is 2.04 bits per heavy atom. The van der Waals surface area contributed by atoms with Crippen LogP contribution in [0.1, 0.15) is 25.1 Å². The SMILES string of the molecule is CCOC(=O)/C(=C/C(C)Cc1ccccn1)C(N)=NCc1ccc(F)cc1. The summed E-state index contributed by atoms with van der Waals surface area (Å²) in [6.07, 6.45) is 4.15. The number of allylic oxidation sites excluding steroid dienone is 1. The minimum Gasteiger partial charge on any atom is -0.462 e. The van der Waals surface area contributed by atoms with Gasteiger partial charge >= 0.3 is 5.97 Å². The third-order valence-electron chi connectivity index (χ3n) is 3.82. The number of nitrogens with zero attached hydrogens (tertiary/aromatic N) is 2. The van der Waals surface area contributed by atoms with E-state index in [1.165, 1.54) is 12.1 Å². The Morgan fingerprint density at radius 1 is 1.30 bits per heavy atom. The molecule has 0 aliphatic rings. The third-order valence-corrected chi connectivity index (χ3v) is 3.82. The van der Waals surface area contributed by atoms with Gasteiger partial charge in [0.15, 0.2) is 0 Å². The van der Waals surface area contributed by atoms with Crippen LogP contribution in [-0.2, 0) is 22.5 Å². The van der Waals surface area contributed by atoms with Crippen molar-refractivity contribution in [1.29, 1.82) is 0 Å². The van der Waals surface area contributed by atoms with Crippen molar-refractivity contribution in [3.8, 4) is 0 Å². The molecule has 0 aliphatic heterocycles. The van der Waals surface area contributed by atoms with E-state index in [9.17, 15) is 9.18 Å². The van der Waals surface area contributed by atoms with Gasteiger partial charge in [-0.1, -0.05) is 31.2 Å². The highest BCUT2D eigenvalue weighted by molar-refractivity contribution is 6.18. The molecule has 2 N–H and O–H groups in total. The number of carbonyl (C=O) groups is 1. The minimum atomic E-state index is -0.509. The number of halogens is 1. The third kappa shape index (κ3) is 6.66. The monoisotopic (exact) mass is 369 g/mol. The zero-order valence-electron chi connectivity index (χ0n) is 15.6. The fraction of sp³-hybridized carbons (Fsp3) is 0.286. The second-order valence-electron chi connectivity index (χ2n) is 6.13. The first-order valence-electron chi connectivity index (χ1n) is 8.83. The van der Waals surface area contributed by atoms with Crippen molar-refractivity contribution in [2.24, 2.45) is 16.6 Å². The first-order valence-corrected chi connectivity index (χ1v) is 8.83. The van der Waals surface area contributed by atoms with Gasteiger partial charge in [0.1, 0.15) is 11.7 Å². The predicted octanol–water partition coefficient (Wildman–Crippen LogP) is 3.45. The van der Waals surface area contributed by atoms with Gasteiger partial charge < -0.3 is 10.5 Å². The van der Waals surface area contributed by atoms with Gasteiger partial charge in [-0.15, -0.1) is 0 Å². The Balaban J connectivity index is 2.17. The molecular formula is C21H24FN3O2. The van der Waals surface area contributed by atoms with Crippen LogP contribution in [0.15, 0.2) is 65.3 Å². The van der Waals surface area contributed by atoms with E-state index in [-0.39, 0.29) is 36.3 Å². The second-order valence-corrected chi connectivity index (χ2v) is 6.13. The molecule has 0 saturated carbocycles. The molecule has 2 rings (SSSR count). The number of carbonyl (C=O) groups excluding carboxylic acids is 1. The van der Waals surface area contributed by atoms with E-state index in [1.54, 1.807) is 31.3 Å². The molecule has 1 heterocycles. The van der Waals surface area contributed by atoms with Crippen LogP contribution in [-0.4, -0.2) is 23.4 Å². The van der Waals surface area contributed by atoms with E-state index >= 15 is 0 Å². The molecular weight excluding hydrogens is 345 g/mol. The molecule has 0 amide bonds. The van der Waals surface area contributed by atoms with Crippen molar-refractivity contribution in [3.63, 3.8) is 0 Å². The number of benzene rings is 1. The maximum absolute atomic E-state index is 13.0. The average molecular weight is 369 g/mol. The molecule has 1 atom stereocenters. The summed E-state index contributed by atoms with van der Waals surface area (Å²) in [5.74, 6) is -0.707. The number of hydrogen-bond donors (Lipinski definition) is 1. The number of esters is 1. The average Bonchev–Trinajstić information content (AvgIpc) is 2.66. The number of aromatic nitrogens is 1. The Hall–Kier alpha value is -3.02. The maximum atomic E-state index is 13.0. The van der Waals surface area contributed by atoms with Crippen molar-refractivity contribution in [2.45, 2.75) is 26.8 Å². The van der Waals surface area contributed by atoms with Gasteiger partial charge in [0, 0.05) is 11.9 Å². The summed E-state index contributed by atoms with van der Waals surface area (Å²) in [5.41, 5.74) is 8.02. The number of hydrogen-bond acceptors (Lipinski definition) is 4. The van der Waals surface area contributed by atoms with E-state index in [4.69, 9.17) is 10.5 Å². The van der Waals surface area contributed by atoms with E-state index in [2.05, 4.69) is 9.98 Å². The molecule has 1 aromatic heterocycles. The van der Waals surface area contributed by atoms with Crippen molar-refractivity contribution in [3.05, 3.63) is 77.4 Å². The maximum Gasteiger partial charge on any atom is 0.341 e. The first-order chi connectivity index (χ1) is 13.0. The number of aliphatic imine (C=N–C) groups is 1. The Kier molecular flexibility index (Phi) is 7.67. The fourth-order valence-corrected chi connectivity index (χ4v) is 2.51. The van der Waals surface area contributed by atoms with Gasteiger partial charge in [0.25, 0.3) is 0 Å².